The van der Waals surface area contributed by atoms with Crippen molar-refractivity contribution < 1.29 is 0 Å². The summed E-state index contributed by atoms with van der Waals surface area (Å²) in [6, 6.07) is 16.0. The highest BCUT2D eigenvalue weighted by Gasteiger charge is 2.09. The first-order valence-corrected chi connectivity index (χ1v) is 6.68. The van der Waals surface area contributed by atoms with Crippen LogP contribution in [0.5, 0.6) is 0 Å². The van der Waals surface area contributed by atoms with Crippen LogP contribution >= 0.6 is 11.6 Å². The van der Waals surface area contributed by atoms with E-state index in [9.17, 15) is 0 Å². The molecule has 0 aliphatic rings. The molecule has 0 heterocycles. The topological polar surface area (TPSA) is 29.3 Å². The van der Waals surface area contributed by atoms with Crippen molar-refractivity contribution in [2.75, 3.05) is 14.1 Å². The molecule has 1 atom stereocenters. The van der Waals surface area contributed by atoms with Crippen LogP contribution in [0.3, 0.4) is 0 Å². The van der Waals surface area contributed by atoms with Gasteiger partial charge < -0.3 is 10.6 Å². The molecule has 0 aliphatic carbocycles. The Hall–Kier alpha value is -1.35. The zero-order valence-electron chi connectivity index (χ0n) is 11.3. The maximum absolute atomic E-state index is 6.31. The van der Waals surface area contributed by atoms with Gasteiger partial charge in [0.2, 0.25) is 0 Å². The van der Waals surface area contributed by atoms with E-state index in [1.165, 1.54) is 5.56 Å². The quantitative estimate of drug-likeness (QED) is 0.925. The van der Waals surface area contributed by atoms with Crippen molar-refractivity contribution in [1.29, 1.82) is 0 Å². The van der Waals surface area contributed by atoms with Crippen molar-refractivity contribution in [3.05, 3.63) is 70.2 Å². The van der Waals surface area contributed by atoms with E-state index in [0.717, 1.165) is 22.7 Å². The molecule has 0 amide bonds. The van der Waals surface area contributed by atoms with Crippen LogP contribution in [-0.2, 0) is 6.54 Å². The van der Waals surface area contributed by atoms with Gasteiger partial charge in [0.05, 0.1) is 6.04 Å². The van der Waals surface area contributed by atoms with Crippen molar-refractivity contribution in [3.63, 3.8) is 0 Å². The number of rotatable bonds is 4. The second-order valence-corrected chi connectivity index (χ2v) is 5.45. The number of halogens is 1. The molecule has 0 spiro atoms. The average molecular weight is 275 g/mol. The van der Waals surface area contributed by atoms with Crippen molar-refractivity contribution in [3.8, 4) is 0 Å². The molecule has 100 valence electrons. The van der Waals surface area contributed by atoms with Crippen LogP contribution in [0.2, 0.25) is 5.02 Å². The molecule has 0 aliphatic heterocycles. The smallest absolute Gasteiger partial charge is 0.0552 e. The molecule has 1 unspecified atom stereocenters. The van der Waals surface area contributed by atoms with Gasteiger partial charge in [0, 0.05) is 11.6 Å². The minimum absolute atomic E-state index is 0.138. The molecule has 0 fully saturated rings. The summed E-state index contributed by atoms with van der Waals surface area (Å²) in [5.74, 6) is 0. The van der Waals surface area contributed by atoms with E-state index in [4.69, 9.17) is 17.3 Å². The van der Waals surface area contributed by atoms with Gasteiger partial charge in [0.1, 0.15) is 0 Å². The summed E-state index contributed by atoms with van der Waals surface area (Å²) in [6.45, 7) is 0.913. The maximum Gasteiger partial charge on any atom is 0.0552 e. The third kappa shape index (κ3) is 3.80. The molecule has 0 saturated heterocycles. The highest BCUT2D eigenvalue weighted by molar-refractivity contribution is 6.30. The number of hydrogen-bond donors (Lipinski definition) is 1. The van der Waals surface area contributed by atoms with Gasteiger partial charge in [-0.3, -0.25) is 0 Å². The molecule has 2 nitrogen and oxygen atoms in total. The lowest BCUT2D eigenvalue weighted by atomic mass is 9.98. The van der Waals surface area contributed by atoms with Crippen LogP contribution in [0.15, 0.2) is 48.5 Å². The minimum Gasteiger partial charge on any atom is -0.320 e. The first-order chi connectivity index (χ1) is 9.06. The fraction of sp³-hybridized carbons (Fsp3) is 0.250. The van der Waals surface area contributed by atoms with E-state index in [1.807, 2.05) is 24.3 Å². The Balaban J connectivity index is 2.26. The summed E-state index contributed by atoms with van der Waals surface area (Å²) in [6.07, 6.45) is 0. The summed E-state index contributed by atoms with van der Waals surface area (Å²) in [5.41, 5.74) is 9.73. The lowest BCUT2D eigenvalue weighted by Gasteiger charge is -2.15. The highest BCUT2D eigenvalue weighted by atomic mass is 35.5. The van der Waals surface area contributed by atoms with Crippen LogP contribution < -0.4 is 5.73 Å². The van der Waals surface area contributed by atoms with E-state index in [1.54, 1.807) is 0 Å². The van der Waals surface area contributed by atoms with E-state index in [0.29, 0.717) is 0 Å². The van der Waals surface area contributed by atoms with Gasteiger partial charge in [-0.2, -0.15) is 0 Å². The zero-order valence-corrected chi connectivity index (χ0v) is 12.1. The van der Waals surface area contributed by atoms with Crippen LogP contribution in [0.1, 0.15) is 22.7 Å². The molecule has 3 heteroatoms. The van der Waals surface area contributed by atoms with Gasteiger partial charge in [-0.15, -0.1) is 0 Å². The van der Waals surface area contributed by atoms with Gasteiger partial charge in [-0.05, 0) is 42.9 Å². The molecular formula is C16H19ClN2. The maximum atomic E-state index is 6.31. The largest absolute Gasteiger partial charge is 0.320 e. The van der Waals surface area contributed by atoms with E-state index in [2.05, 4.69) is 43.3 Å². The molecule has 0 saturated carbocycles. The van der Waals surface area contributed by atoms with E-state index in [-0.39, 0.29) is 6.04 Å². The summed E-state index contributed by atoms with van der Waals surface area (Å²) in [4.78, 5) is 2.14. The molecule has 0 bridgehead atoms. The highest BCUT2D eigenvalue weighted by Crippen LogP contribution is 2.23. The predicted molar refractivity (Wildman–Crippen MR) is 81.3 cm³/mol. The molecule has 0 aromatic heterocycles. The lowest BCUT2D eigenvalue weighted by Crippen LogP contribution is -2.14. The minimum atomic E-state index is -0.138. The molecule has 2 N–H and O–H groups in total. The Bertz CT molecular complexity index is 552. The molecule has 19 heavy (non-hydrogen) atoms. The zero-order chi connectivity index (χ0) is 13.8. The standard InChI is InChI=1S/C16H19ClN2/c1-19(2)11-12-5-3-6-13(9-12)16(18)14-7-4-8-15(17)10-14/h3-10,16H,11,18H2,1-2H3. The Morgan fingerprint density at radius 2 is 1.68 bits per heavy atom. The van der Waals surface area contributed by atoms with Crippen LogP contribution in [-0.4, -0.2) is 19.0 Å². The monoisotopic (exact) mass is 274 g/mol. The summed E-state index contributed by atoms with van der Waals surface area (Å²) in [7, 11) is 4.12. The van der Waals surface area contributed by atoms with Crippen molar-refractivity contribution >= 4 is 11.6 Å². The van der Waals surface area contributed by atoms with Gasteiger partial charge in [0.15, 0.2) is 0 Å². The number of nitrogens with zero attached hydrogens (tertiary/aromatic N) is 1. The SMILES string of the molecule is CN(C)Cc1cccc(C(N)c2cccc(Cl)c2)c1. The molecule has 2 rings (SSSR count). The molecule has 0 radical (unpaired) electrons. The van der Waals surface area contributed by atoms with Crippen LogP contribution in [0.4, 0.5) is 0 Å². The number of nitrogens with two attached hydrogens (primary N) is 1. The van der Waals surface area contributed by atoms with Gasteiger partial charge in [-0.25, -0.2) is 0 Å². The Morgan fingerprint density at radius 3 is 2.32 bits per heavy atom. The van der Waals surface area contributed by atoms with Gasteiger partial charge in [0.25, 0.3) is 0 Å². The molecular weight excluding hydrogens is 256 g/mol. The third-order valence-electron chi connectivity index (χ3n) is 3.02. The Kier molecular flexibility index (Phi) is 4.59. The first kappa shape index (κ1) is 14.1. The Labute approximate surface area is 119 Å². The van der Waals surface area contributed by atoms with E-state index >= 15 is 0 Å². The third-order valence-corrected chi connectivity index (χ3v) is 3.25. The number of hydrogen-bond acceptors (Lipinski definition) is 2. The van der Waals surface area contributed by atoms with Crippen LogP contribution in [0, 0.1) is 0 Å². The first-order valence-electron chi connectivity index (χ1n) is 6.31. The van der Waals surface area contributed by atoms with Gasteiger partial charge in [-0.1, -0.05) is 48.0 Å². The summed E-state index contributed by atoms with van der Waals surface area (Å²) < 4.78 is 0. The fourth-order valence-electron chi connectivity index (χ4n) is 2.14. The molecule has 2 aromatic rings. The lowest BCUT2D eigenvalue weighted by molar-refractivity contribution is 0.402. The fourth-order valence-corrected chi connectivity index (χ4v) is 2.34. The second kappa shape index (κ2) is 6.20. The Morgan fingerprint density at radius 1 is 1.05 bits per heavy atom. The molecule has 2 aromatic carbocycles. The normalized spacial score (nSPS) is 12.7. The second-order valence-electron chi connectivity index (χ2n) is 5.02. The van der Waals surface area contributed by atoms with Gasteiger partial charge >= 0.3 is 0 Å². The van der Waals surface area contributed by atoms with E-state index < -0.39 is 0 Å². The summed E-state index contributed by atoms with van der Waals surface area (Å²) in [5, 5.41) is 0.720. The van der Waals surface area contributed by atoms with Crippen molar-refractivity contribution in [2.45, 2.75) is 12.6 Å². The number of benzene rings is 2. The van der Waals surface area contributed by atoms with Crippen molar-refractivity contribution in [2.24, 2.45) is 5.73 Å². The van der Waals surface area contributed by atoms with Crippen molar-refractivity contribution in [1.82, 2.24) is 4.90 Å². The summed E-state index contributed by atoms with van der Waals surface area (Å²) >= 11 is 6.01. The van der Waals surface area contributed by atoms with Crippen LogP contribution in [0.25, 0.3) is 0 Å². The average Bonchev–Trinajstić information content (AvgIpc) is 2.37. The predicted octanol–water partition coefficient (Wildman–Crippen LogP) is 3.45.